The molecule has 0 aromatic heterocycles. The summed E-state index contributed by atoms with van der Waals surface area (Å²) in [5.41, 5.74) is 0.233. The van der Waals surface area contributed by atoms with Crippen LogP contribution in [0.4, 0.5) is 0 Å². The average molecular weight is 602 g/mol. The van der Waals surface area contributed by atoms with E-state index in [9.17, 15) is 14.4 Å². The highest BCUT2D eigenvalue weighted by Gasteiger charge is 2.67. The maximum absolute atomic E-state index is 12.5. The molecule has 6 rings (SSSR count). The molecule has 43 heavy (non-hydrogen) atoms. The van der Waals surface area contributed by atoms with Gasteiger partial charge in [-0.2, -0.15) is 0 Å². The first-order valence-electron chi connectivity index (χ1n) is 17.4. The Morgan fingerprint density at radius 1 is 0.767 bits per heavy atom. The van der Waals surface area contributed by atoms with E-state index in [1.165, 1.54) is 58.5 Å². The van der Waals surface area contributed by atoms with E-state index in [1.807, 2.05) is 0 Å². The average Bonchev–Trinajstić information content (AvgIpc) is 3.50. The fourth-order valence-corrected chi connectivity index (χ4v) is 11.9. The normalized spacial score (nSPS) is 44.5. The first-order chi connectivity index (χ1) is 20.3. The zero-order valence-corrected chi connectivity index (χ0v) is 27.6. The van der Waals surface area contributed by atoms with Crippen LogP contribution < -0.4 is 0 Å². The van der Waals surface area contributed by atoms with Gasteiger partial charge in [0.2, 0.25) is 0 Å². The number of nitrogens with zero attached hydrogens (tertiary/aromatic N) is 2. The first-order valence-corrected chi connectivity index (χ1v) is 17.4. The van der Waals surface area contributed by atoms with E-state index in [0.29, 0.717) is 29.7 Å². The van der Waals surface area contributed by atoms with Crippen molar-refractivity contribution in [2.24, 2.45) is 34.5 Å². The van der Waals surface area contributed by atoms with Gasteiger partial charge in [0.15, 0.2) is 6.10 Å². The van der Waals surface area contributed by atoms with Gasteiger partial charge >= 0.3 is 17.9 Å². The Labute approximate surface area is 259 Å². The molecular weight excluding hydrogens is 544 g/mol. The number of hydrogen-bond acceptors (Lipinski definition) is 7. The maximum atomic E-state index is 12.5. The lowest BCUT2D eigenvalue weighted by Gasteiger charge is -2.62. The van der Waals surface area contributed by atoms with E-state index < -0.39 is 0 Å². The van der Waals surface area contributed by atoms with E-state index in [-0.39, 0.29) is 53.1 Å². The van der Waals surface area contributed by atoms with Gasteiger partial charge < -0.3 is 18.7 Å². The molecule has 0 amide bonds. The zero-order chi connectivity index (χ0) is 30.7. The first kappa shape index (κ1) is 31.3. The summed E-state index contributed by atoms with van der Waals surface area (Å²) in [4.78, 5) is 38.9. The molecule has 0 N–H and O–H groups in total. The molecule has 5 unspecified atom stereocenters. The summed E-state index contributed by atoms with van der Waals surface area (Å²) in [5, 5.41) is 0. The summed E-state index contributed by atoms with van der Waals surface area (Å²) in [7, 11) is 2.43. The molecule has 0 spiro atoms. The van der Waals surface area contributed by atoms with Gasteiger partial charge in [0.25, 0.3) is 0 Å². The number of piperidine rings is 1. The van der Waals surface area contributed by atoms with Crippen molar-refractivity contribution in [3.63, 3.8) is 0 Å². The van der Waals surface area contributed by atoms with Gasteiger partial charge in [-0.3, -0.25) is 19.3 Å². The van der Waals surface area contributed by atoms with Crippen LogP contribution in [-0.4, -0.2) is 90.9 Å². The minimum Gasteiger partial charge on any atom is -0.462 e. The van der Waals surface area contributed by atoms with Gasteiger partial charge in [-0.05, 0) is 80.5 Å². The molecule has 0 aromatic carbocycles. The van der Waals surface area contributed by atoms with E-state index in [4.69, 9.17) is 14.2 Å². The van der Waals surface area contributed by atoms with Gasteiger partial charge in [0.05, 0.1) is 20.1 Å². The number of quaternary nitrogens is 1. The van der Waals surface area contributed by atoms with Crippen LogP contribution in [0.25, 0.3) is 0 Å². The molecule has 8 heteroatoms. The highest BCUT2D eigenvalue weighted by atomic mass is 16.6. The number of carbonyl (C=O) groups excluding carboxylic acids is 3. The lowest BCUT2D eigenvalue weighted by molar-refractivity contribution is -0.924. The fraction of sp³-hybridized carbons (Fsp3) is 0.914. The minimum atomic E-state index is -0.201. The van der Waals surface area contributed by atoms with E-state index >= 15 is 0 Å². The Morgan fingerprint density at radius 3 is 2.05 bits per heavy atom. The van der Waals surface area contributed by atoms with Crippen LogP contribution in [0.1, 0.15) is 105 Å². The van der Waals surface area contributed by atoms with E-state index in [1.54, 1.807) is 13.8 Å². The van der Waals surface area contributed by atoms with Crippen LogP contribution in [0.5, 0.6) is 0 Å². The Morgan fingerprint density at radius 2 is 1.42 bits per heavy atom. The number of carbonyl (C=O) groups is 3. The maximum Gasteiger partial charge on any atom is 0.303 e. The van der Waals surface area contributed by atoms with Gasteiger partial charge in [-0.25, -0.2) is 0 Å². The molecule has 6 fully saturated rings. The number of ether oxygens (including phenoxy) is 3. The van der Waals surface area contributed by atoms with Gasteiger partial charge in [-0.1, -0.05) is 13.8 Å². The Hall–Kier alpha value is -1.67. The van der Waals surface area contributed by atoms with Crippen molar-refractivity contribution in [1.82, 2.24) is 4.90 Å². The summed E-state index contributed by atoms with van der Waals surface area (Å²) in [6, 6.07) is 0.603. The molecule has 8 nitrogen and oxygen atoms in total. The summed E-state index contributed by atoms with van der Waals surface area (Å²) in [5.74, 6) is 1.93. The van der Waals surface area contributed by atoms with Crippen LogP contribution in [0.15, 0.2) is 0 Å². The molecule has 6 aliphatic rings. The van der Waals surface area contributed by atoms with E-state index in [2.05, 4.69) is 25.8 Å². The minimum absolute atomic E-state index is 0.00977. The third-order valence-electron chi connectivity index (χ3n) is 13.9. The molecule has 4 aliphatic carbocycles. The SMILES string of the molecule is CC(=O)OC1CCN(C2C[C@@]3(C)C(CC[C@@H]4[C@H]3CC[C@]3(C)C(OC(C)=O)C([N+]5(C)CCCC5)C[C@@H]43)CC2OC(C)=O)CC1. The molecule has 2 saturated heterocycles. The third-order valence-corrected chi connectivity index (χ3v) is 13.9. The molecular formula is C35H57N2O6+. The Bertz CT molecular complexity index is 1080. The largest absolute Gasteiger partial charge is 0.462 e. The third kappa shape index (κ3) is 5.55. The monoisotopic (exact) mass is 601 g/mol. The number of likely N-dealkylation sites (tertiary alicyclic amines) is 2. The predicted octanol–water partition coefficient (Wildman–Crippen LogP) is 5.12. The molecule has 0 radical (unpaired) electrons. The predicted molar refractivity (Wildman–Crippen MR) is 163 cm³/mol. The number of hydrogen-bond donors (Lipinski definition) is 0. The quantitative estimate of drug-likeness (QED) is 0.246. The Kier molecular flexibility index (Phi) is 8.45. The topological polar surface area (TPSA) is 82.1 Å². The molecule has 242 valence electrons. The van der Waals surface area contributed by atoms with Crippen molar-refractivity contribution in [2.45, 2.75) is 136 Å². The summed E-state index contributed by atoms with van der Waals surface area (Å²) < 4.78 is 19.0. The molecule has 10 atom stereocenters. The van der Waals surface area contributed by atoms with Crippen molar-refractivity contribution >= 4 is 17.9 Å². The highest BCUT2D eigenvalue weighted by molar-refractivity contribution is 5.67. The van der Waals surface area contributed by atoms with Gasteiger partial charge in [0, 0.05) is 64.6 Å². The van der Waals surface area contributed by atoms with Crippen molar-refractivity contribution in [3.05, 3.63) is 0 Å². The molecule has 0 bridgehead atoms. The second-order valence-electron chi connectivity index (χ2n) is 16.2. The number of fused-ring (bicyclic) bond motifs is 5. The second-order valence-corrected chi connectivity index (χ2v) is 16.2. The van der Waals surface area contributed by atoms with Crippen LogP contribution in [-0.2, 0) is 28.6 Å². The highest BCUT2D eigenvalue weighted by Crippen LogP contribution is 2.67. The Balaban J connectivity index is 1.25. The molecule has 2 aliphatic heterocycles. The van der Waals surface area contributed by atoms with Crippen molar-refractivity contribution in [3.8, 4) is 0 Å². The number of rotatable bonds is 5. The van der Waals surface area contributed by atoms with Gasteiger partial charge in [-0.15, -0.1) is 0 Å². The van der Waals surface area contributed by atoms with Crippen LogP contribution in [0.2, 0.25) is 0 Å². The lowest BCUT2D eigenvalue weighted by atomic mass is 9.44. The lowest BCUT2D eigenvalue weighted by Crippen LogP contribution is -2.61. The second kappa shape index (κ2) is 11.6. The van der Waals surface area contributed by atoms with Crippen molar-refractivity contribution in [1.29, 1.82) is 0 Å². The molecule has 0 aromatic rings. The van der Waals surface area contributed by atoms with E-state index in [0.717, 1.165) is 49.7 Å². The van der Waals surface area contributed by atoms with Crippen LogP contribution in [0.3, 0.4) is 0 Å². The smallest absolute Gasteiger partial charge is 0.303 e. The molecule has 4 saturated carbocycles. The number of likely N-dealkylation sites (N-methyl/N-ethyl adjacent to an activating group) is 1. The van der Waals surface area contributed by atoms with Crippen molar-refractivity contribution < 1.29 is 33.1 Å². The summed E-state index contributed by atoms with van der Waals surface area (Å²) in [6.45, 7) is 13.8. The van der Waals surface area contributed by atoms with Gasteiger partial charge in [0.1, 0.15) is 18.2 Å². The standard InChI is InChI=1S/C35H57N2O6/c1-22(38)41-26-12-15-36(16-13-26)30-21-35(5)25(19-32(30)42-23(2)39)9-10-27-28(35)11-14-34(4)29(27)20-31(33(34)43-24(3)40)37(6)17-7-8-18-37/h25-33H,7-21H2,1-6H3/q+1/t25?,27-,28-,29+,30?,31?,32?,33?,34+,35+/m1/s1. The fourth-order valence-electron chi connectivity index (χ4n) is 11.9. The summed E-state index contributed by atoms with van der Waals surface area (Å²) >= 11 is 0. The molecule has 2 heterocycles. The summed E-state index contributed by atoms with van der Waals surface area (Å²) in [6.07, 6.45) is 12.1. The van der Waals surface area contributed by atoms with Crippen LogP contribution in [0, 0.1) is 34.5 Å². The van der Waals surface area contributed by atoms with Crippen molar-refractivity contribution in [2.75, 3.05) is 33.2 Å². The zero-order valence-electron chi connectivity index (χ0n) is 27.6. The van der Waals surface area contributed by atoms with Crippen LogP contribution >= 0.6 is 0 Å². The number of esters is 3.